The van der Waals surface area contributed by atoms with E-state index < -0.39 is 16.9 Å². The number of esters is 1. The molecule has 0 aromatic heterocycles. The number of carbonyl (C=O) groups excluding carboxylic acids is 2. The minimum absolute atomic E-state index is 0.00549. The number of nitro benzene ring substituents is 1. The van der Waals surface area contributed by atoms with Gasteiger partial charge in [-0.2, -0.15) is 0 Å². The van der Waals surface area contributed by atoms with Gasteiger partial charge in [-0.05, 0) is 53.7 Å². The number of nitro groups is 1. The summed E-state index contributed by atoms with van der Waals surface area (Å²) in [7, 11) is 1.35. The third-order valence-corrected chi connectivity index (χ3v) is 7.26. The van der Waals surface area contributed by atoms with Gasteiger partial charge in [0.25, 0.3) is 5.69 Å². The van der Waals surface area contributed by atoms with Crippen LogP contribution in [0.5, 0.6) is 5.75 Å². The molecule has 3 aromatic carbocycles. The summed E-state index contributed by atoms with van der Waals surface area (Å²) in [6.45, 7) is 0.652. The lowest BCUT2D eigenvalue weighted by molar-refractivity contribution is -0.384. The number of hydrogen-bond acceptors (Lipinski definition) is 6. The van der Waals surface area contributed by atoms with E-state index in [1.54, 1.807) is 17.0 Å². The van der Waals surface area contributed by atoms with E-state index in [4.69, 9.17) is 9.47 Å². The number of benzene rings is 3. The molecule has 3 aromatic rings. The average Bonchev–Trinajstić information content (AvgIpc) is 3.28. The fraction of sp³-hybridized carbons (Fsp3) is 0.267. The summed E-state index contributed by atoms with van der Waals surface area (Å²) in [4.78, 5) is 38.5. The second-order valence-corrected chi connectivity index (χ2v) is 9.63. The van der Waals surface area contributed by atoms with Crippen molar-refractivity contribution < 1.29 is 24.0 Å². The molecule has 0 spiro atoms. The van der Waals surface area contributed by atoms with Gasteiger partial charge in [-0.1, -0.05) is 54.6 Å². The Kier molecular flexibility index (Phi) is 7.58. The summed E-state index contributed by atoms with van der Waals surface area (Å²) < 4.78 is 11.2. The third kappa shape index (κ3) is 5.62. The molecule has 2 aliphatic rings. The molecule has 2 atom stereocenters. The maximum atomic E-state index is 13.3. The fourth-order valence-electron chi connectivity index (χ4n) is 5.38. The van der Waals surface area contributed by atoms with Crippen molar-refractivity contribution in [3.05, 3.63) is 111 Å². The van der Waals surface area contributed by atoms with Gasteiger partial charge in [0.05, 0.1) is 23.6 Å². The van der Waals surface area contributed by atoms with Crippen LogP contribution in [0.25, 0.3) is 5.57 Å². The first-order valence-corrected chi connectivity index (χ1v) is 12.8. The van der Waals surface area contributed by atoms with Crippen LogP contribution in [0.3, 0.4) is 0 Å². The summed E-state index contributed by atoms with van der Waals surface area (Å²) in [6, 6.07) is 22.9. The van der Waals surface area contributed by atoms with E-state index in [0.29, 0.717) is 30.8 Å². The molecule has 5 rings (SSSR count). The predicted octanol–water partition coefficient (Wildman–Crippen LogP) is 5.25. The quantitative estimate of drug-likeness (QED) is 0.243. The molecule has 39 heavy (non-hydrogen) atoms. The Hall–Kier alpha value is -4.66. The molecule has 9 heteroatoms. The maximum absolute atomic E-state index is 13.3. The van der Waals surface area contributed by atoms with Gasteiger partial charge >= 0.3 is 12.0 Å². The number of fused-ring (bicyclic) bond motifs is 2. The molecule has 1 fully saturated rings. The number of non-ortho nitro benzene ring substituents is 1. The van der Waals surface area contributed by atoms with Gasteiger partial charge in [0, 0.05) is 24.7 Å². The van der Waals surface area contributed by atoms with E-state index in [0.717, 1.165) is 28.7 Å². The summed E-state index contributed by atoms with van der Waals surface area (Å²) in [5, 5.41) is 13.8. The Morgan fingerprint density at radius 1 is 1.00 bits per heavy atom. The summed E-state index contributed by atoms with van der Waals surface area (Å²) in [5.74, 6) is 0.253. The van der Waals surface area contributed by atoms with Crippen molar-refractivity contribution in [2.24, 2.45) is 0 Å². The van der Waals surface area contributed by atoms with Crippen molar-refractivity contribution in [2.75, 3.05) is 7.11 Å². The first-order valence-electron chi connectivity index (χ1n) is 12.8. The topological polar surface area (TPSA) is 111 Å². The molecule has 9 nitrogen and oxygen atoms in total. The number of nitrogens with one attached hydrogen (secondary N) is 1. The maximum Gasteiger partial charge on any atom is 0.336 e. The van der Waals surface area contributed by atoms with Crippen LogP contribution in [0, 0.1) is 10.1 Å². The normalized spacial score (nSPS) is 18.0. The van der Waals surface area contributed by atoms with E-state index in [9.17, 15) is 19.7 Å². The van der Waals surface area contributed by atoms with Gasteiger partial charge in [-0.3, -0.25) is 10.1 Å². The lowest BCUT2D eigenvalue weighted by Gasteiger charge is -2.37. The van der Waals surface area contributed by atoms with Gasteiger partial charge in [0.15, 0.2) is 0 Å². The second kappa shape index (κ2) is 11.4. The van der Waals surface area contributed by atoms with Crippen LogP contribution in [-0.2, 0) is 22.7 Å². The van der Waals surface area contributed by atoms with Crippen LogP contribution in [0.2, 0.25) is 0 Å². The van der Waals surface area contributed by atoms with Crippen molar-refractivity contribution in [3.63, 3.8) is 0 Å². The smallest absolute Gasteiger partial charge is 0.336 e. The number of hydrogen-bond donors (Lipinski definition) is 1. The number of carbonyl (C=O) groups is 2. The molecule has 2 bridgehead atoms. The molecular formula is C30H29N3O6. The predicted molar refractivity (Wildman–Crippen MR) is 145 cm³/mol. The van der Waals surface area contributed by atoms with Crippen LogP contribution >= 0.6 is 0 Å². The van der Waals surface area contributed by atoms with Crippen molar-refractivity contribution in [2.45, 2.75) is 44.5 Å². The molecule has 1 saturated heterocycles. The minimum Gasteiger partial charge on any atom is -0.489 e. The van der Waals surface area contributed by atoms with E-state index >= 15 is 0 Å². The van der Waals surface area contributed by atoms with E-state index in [-0.39, 0.29) is 24.3 Å². The molecule has 0 unspecified atom stereocenters. The first kappa shape index (κ1) is 26.0. The lowest BCUT2D eigenvalue weighted by atomic mass is 9.88. The molecule has 0 radical (unpaired) electrons. The number of methoxy groups -OCH3 is 1. The van der Waals surface area contributed by atoms with Gasteiger partial charge in [0.1, 0.15) is 12.4 Å². The number of rotatable bonds is 8. The van der Waals surface area contributed by atoms with E-state index in [2.05, 4.69) is 5.32 Å². The Bertz CT molecular complexity index is 1400. The zero-order valence-electron chi connectivity index (χ0n) is 21.5. The zero-order chi connectivity index (χ0) is 27.4. The van der Waals surface area contributed by atoms with Gasteiger partial charge in [-0.15, -0.1) is 0 Å². The molecule has 2 aliphatic heterocycles. The van der Waals surface area contributed by atoms with E-state index in [1.807, 2.05) is 54.6 Å². The summed E-state index contributed by atoms with van der Waals surface area (Å²) in [5.41, 5.74) is 4.05. The molecule has 2 amide bonds. The number of nitrogens with zero attached hydrogens (tertiary/aromatic N) is 2. The van der Waals surface area contributed by atoms with Crippen LogP contribution in [0.1, 0.15) is 36.0 Å². The molecule has 200 valence electrons. The third-order valence-electron chi connectivity index (χ3n) is 7.26. The highest BCUT2D eigenvalue weighted by Crippen LogP contribution is 2.44. The Labute approximate surface area is 226 Å². The second-order valence-electron chi connectivity index (χ2n) is 9.63. The SMILES string of the molecule is COC(=O)C1=C(c2cccc(OCc3ccccc3)c2)C[C@@H]2CC[C@H]1N2C(=O)NCc1ccc([N+](=O)[O-])cc1. The molecular weight excluding hydrogens is 498 g/mol. The Morgan fingerprint density at radius 3 is 2.49 bits per heavy atom. The number of ether oxygens (including phenoxy) is 2. The number of urea groups is 1. The minimum atomic E-state index is -0.461. The first-order chi connectivity index (χ1) is 18.9. The lowest BCUT2D eigenvalue weighted by Crippen LogP contribution is -2.50. The van der Waals surface area contributed by atoms with Crippen molar-refractivity contribution >= 4 is 23.3 Å². The highest BCUT2D eigenvalue weighted by atomic mass is 16.6. The molecule has 0 aliphatic carbocycles. The highest BCUT2D eigenvalue weighted by Gasteiger charge is 2.46. The van der Waals surface area contributed by atoms with Gasteiger partial charge < -0.3 is 19.7 Å². The van der Waals surface area contributed by atoms with Crippen LogP contribution in [-0.4, -0.2) is 41.0 Å². The fourth-order valence-corrected chi connectivity index (χ4v) is 5.38. The average molecular weight is 528 g/mol. The largest absolute Gasteiger partial charge is 0.489 e. The zero-order valence-corrected chi connectivity index (χ0v) is 21.5. The van der Waals surface area contributed by atoms with Crippen LogP contribution < -0.4 is 10.1 Å². The Morgan fingerprint density at radius 2 is 1.77 bits per heavy atom. The summed E-state index contributed by atoms with van der Waals surface area (Å²) >= 11 is 0. The van der Waals surface area contributed by atoms with Gasteiger partial charge in [0.2, 0.25) is 0 Å². The highest BCUT2D eigenvalue weighted by molar-refractivity contribution is 6.01. The monoisotopic (exact) mass is 527 g/mol. The summed E-state index contributed by atoms with van der Waals surface area (Å²) in [6.07, 6.45) is 1.95. The Balaban J connectivity index is 1.35. The standard InChI is InChI=1S/C30H29N3O6/c1-38-29(34)28-26(22-8-5-9-25(16-22)39-19-21-6-3-2-4-7-21)17-24-14-15-27(28)32(24)30(35)31-18-20-10-12-23(13-11-20)33(36)37/h2-13,16,24,27H,14-15,17-19H2,1H3,(H,31,35)/t24-,27+/m0/s1. The number of amides is 2. The molecule has 2 heterocycles. The van der Waals surface area contributed by atoms with E-state index in [1.165, 1.54) is 19.2 Å². The van der Waals surface area contributed by atoms with Crippen molar-refractivity contribution in [1.82, 2.24) is 10.2 Å². The molecule has 1 N–H and O–H groups in total. The van der Waals surface area contributed by atoms with Gasteiger partial charge in [-0.25, -0.2) is 9.59 Å². The van der Waals surface area contributed by atoms with Crippen LogP contribution in [0.4, 0.5) is 10.5 Å². The van der Waals surface area contributed by atoms with Crippen molar-refractivity contribution in [1.29, 1.82) is 0 Å². The molecule has 0 saturated carbocycles. The van der Waals surface area contributed by atoms with Crippen molar-refractivity contribution in [3.8, 4) is 5.75 Å². The van der Waals surface area contributed by atoms with Crippen LogP contribution in [0.15, 0.2) is 84.4 Å².